The van der Waals surface area contributed by atoms with Gasteiger partial charge in [0.2, 0.25) is 5.78 Å². The van der Waals surface area contributed by atoms with Gasteiger partial charge in [-0.2, -0.15) is 0 Å². The lowest BCUT2D eigenvalue weighted by atomic mass is 9.73. The van der Waals surface area contributed by atoms with Crippen molar-refractivity contribution in [3.8, 4) is 0 Å². The fourth-order valence-corrected chi connectivity index (χ4v) is 1.90. The van der Waals surface area contributed by atoms with Gasteiger partial charge in [0.15, 0.2) is 0 Å². The van der Waals surface area contributed by atoms with E-state index in [2.05, 4.69) is 20.8 Å². The molecule has 0 aliphatic rings. The molecule has 0 rings (SSSR count). The topological polar surface area (TPSA) is 37.4 Å². The summed E-state index contributed by atoms with van der Waals surface area (Å²) in [5.74, 6) is -0.716. The van der Waals surface area contributed by atoms with Crippen molar-refractivity contribution < 1.29 is 9.59 Å². The molecule has 1 amide bonds. The van der Waals surface area contributed by atoms with Crippen LogP contribution >= 0.6 is 0 Å². The summed E-state index contributed by atoms with van der Waals surface area (Å²) in [7, 11) is 3.21. The number of nitrogens with zero attached hydrogens (tertiary/aromatic N) is 1. The van der Waals surface area contributed by atoms with E-state index < -0.39 is 11.3 Å². The zero-order chi connectivity index (χ0) is 12.4. The van der Waals surface area contributed by atoms with Crippen LogP contribution in [0.5, 0.6) is 0 Å². The number of rotatable bonds is 3. The Morgan fingerprint density at radius 3 is 1.67 bits per heavy atom. The van der Waals surface area contributed by atoms with Gasteiger partial charge in [0.1, 0.15) is 0 Å². The Morgan fingerprint density at radius 2 is 1.40 bits per heavy atom. The van der Waals surface area contributed by atoms with Crippen LogP contribution in [-0.2, 0) is 9.59 Å². The number of likely N-dealkylation sites (N-methyl/N-ethyl adjacent to an activating group) is 1. The van der Waals surface area contributed by atoms with E-state index in [1.165, 1.54) is 4.90 Å². The SMILES string of the molecule is CN(C)C(=O)C(=O)C(C)(C)CC(C)(C)C. The summed E-state index contributed by atoms with van der Waals surface area (Å²) in [4.78, 5) is 24.8. The Morgan fingerprint density at radius 1 is 1.00 bits per heavy atom. The van der Waals surface area contributed by atoms with Crippen LogP contribution in [0.1, 0.15) is 41.0 Å². The highest BCUT2D eigenvalue weighted by atomic mass is 16.2. The minimum atomic E-state index is -0.584. The van der Waals surface area contributed by atoms with Gasteiger partial charge >= 0.3 is 0 Å². The Bertz CT molecular complexity index is 259. The minimum absolute atomic E-state index is 0.0474. The summed E-state index contributed by atoms with van der Waals surface area (Å²) in [5.41, 5.74) is -0.536. The average Bonchev–Trinajstić information content (AvgIpc) is 1.96. The number of carbonyl (C=O) groups excluding carboxylic acids is 2. The third-order valence-electron chi connectivity index (χ3n) is 2.19. The Kier molecular flexibility index (Phi) is 4.08. The van der Waals surface area contributed by atoms with Crippen molar-refractivity contribution in [3.05, 3.63) is 0 Å². The van der Waals surface area contributed by atoms with Gasteiger partial charge in [-0.15, -0.1) is 0 Å². The second kappa shape index (κ2) is 4.33. The molecule has 0 radical (unpaired) electrons. The molecule has 0 aromatic carbocycles. The molecule has 0 spiro atoms. The quantitative estimate of drug-likeness (QED) is 0.673. The lowest BCUT2D eigenvalue weighted by Crippen LogP contribution is -2.40. The molecule has 0 unspecified atom stereocenters. The van der Waals surface area contributed by atoms with Crippen LogP contribution in [0.15, 0.2) is 0 Å². The molecule has 0 aromatic rings. The summed E-state index contributed by atoms with van der Waals surface area (Å²) in [6.45, 7) is 9.89. The molecule has 0 aromatic heterocycles. The van der Waals surface area contributed by atoms with Crippen molar-refractivity contribution in [3.63, 3.8) is 0 Å². The van der Waals surface area contributed by atoms with Gasteiger partial charge in [-0.25, -0.2) is 0 Å². The maximum atomic E-state index is 11.9. The molecule has 0 bridgehead atoms. The molecule has 0 fully saturated rings. The largest absolute Gasteiger partial charge is 0.342 e. The first-order valence-electron chi connectivity index (χ1n) is 5.23. The lowest BCUT2D eigenvalue weighted by molar-refractivity contribution is -0.148. The zero-order valence-corrected chi connectivity index (χ0v) is 11.0. The predicted octanol–water partition coefficient (Wildman–Crippen LogP) is 2.11. The third-order valence-corrected chi connectivity index (χ3v) is 2.19. The molecule has 0 aliphatic heterocycles. The highest BCUT2D eigenvalue weighted by Gasteiger charge is 2.36. The smallest absolute Gasteiger partial charge is 0.289 e. The number of ketones is 1. The normalized spacial score (nSPS) is 12.5. The molecule has 0 heterocycles. The number of hydrogen-bond donors (Lipinski definition) is 0. The molecule has 3 heteroatoms. The van der Waals surface area contributed by atoms with Gasteiger partial charge in [-0.3, -0.25) is 9.59 Å². The van der Waals surface area contributed by atoms with Gasteiger partial charge < -0.3 is 4.90 Å². The number of Topliss-reactive ketones (excluding diaryl/α,β-unsaturated/α-hetero) is 1. The van der Waals surface area contributed by atoms with Gasteiger partial charge in [0.25, 0.3) is 5.91 Å². The van der Waals surface area contributed by atoms with E-state index in [4.69, 9.17) is 0 Å². The van der Waals surface area contributed by atoms with Crippen molar-refractivity contribution in [2.45, 2.75) is 41.0 Å². The van der Waals surface area contributed by atoms with Crippen LogP contribution in [0.4, 0.5) is 0 Å². The van der Waals surface area contributed by atoms with Crippen LogP contribution in [0, 0.1) is 10.8 Å². The Labute approximate surface area is 92.8 Å². The second-order valence-electron chi connectivity index (χ2n) is 6.15. The van der Waals surface area contributed by atoms with Crippen LogP contribution in [0.25, 0.3) is 0 Å². The lowest BCUT2D eigenvalue weighted by Gasteiger charge is -2.31. The van der Waals surface area contributed by atoms with Crippen molar-refractivity contribution in [1.82, 2.24) is 4.90 Å². The van der Waals surface area contributed by atoms with E-state index in [-0.39, 0.29) is 11.2 Å². The molecule has 0 aliphatic carbocycles. The highest BCUT2D eigenvalue weighted by molar-refractivity contribution is 6.37. The molecule has 15 heavy (non-hydrogen) atoms. The first-order valence-corrected chi connectivity index (χ1v) is 5.23. The third kappa shape index (κ3) is 4.45. The Balaban J connectivity index is 4.74. The van der Waals surface area contributed by atoms with Crippen molar-refractivity contribution in [1.29, 1.82) is 0 Å². The number of amides is 1. The fourth-order valence-electron chi connectivity index (χ4n) is 1.90. The van der Waals surface area contributed by atoms with E-state index in [9.17, 15) is 9.59 Å². The summed E-state index contributed by atoms with van der Waals surface area (Å²) in [6.07, 6.45) is 0.707. The van der Waals surface area contributed by atoms with Crippen LogP contribution in [0.2, 0.25) is 0 Å². The summed E-state index contributed by atoms with van der Waals surface area (Å²) in [6, 6.07) is 0. The van der Waals surface area contributed by atoms with Crippen molar-refractivity contribution in [2.75, 3.05) is 14.1 Å². The summed E-state index contributed by atoms with van der Waals surface area (Å²) < 4.78 is 0. The van der Waals surface area contributed by atoms with Gasteiger partial charge in [0, 0.05) is 19.5 Å². The molecule has 0 saturated heterocycles. The number of hydrogen-bond acceptors (Lipinski definition) is 2. The van der Waals surface area contributed by atoms with E-state index in [1.54, 1.807) is 14.1 Å². The summed E-state index contributed by atoms with van der Waals surface area (Å²) in [5, 5.41) is 0. The molecular weight excluding hydrogens is 190 g/mol. The first-order chi connectivity index (χ1) is 6.47. The maximum Gasteiger partial charge on any atom is 0.289 e. The van der Waals surface area contributed by atoms with Crippen molar-refractivity contribution >= 4 is 11.7 Å². The van der Waals surface area contributed by atoms with E-state index in [0.29, 0.717) is 6.42 Å². The highest BCUT2D eigenvalue weighted by Crippen LogP contribution is 2.34. The van der Waals surface area contributed by atoms with Gasteiger partial charge in [0.05, 0.1) is 0 Å². The molecule has 0 atom stereocenters. The minimum Gasteiger partial charge on any atom is -0.342 e. The van der Waals surface area contributed by atoms with E-state index in [1.807, 2.05) is 13.8 Å². The van der Waals surface area contributed by atoms with Crippen LogP contribution < -0.4 is 0 Å². The molecular formula is C12H23NO2. The second-order valence-corrected chi connectivity index (χ2v) is 6.15. The van der Waals surface area contributed by atoms with Crippen molar-refractivity contribution in [2.24, 2.45) is 10.8 Å². The van der Waals surface area contributed by atoms with E-state index >= 15 is 0 Å². The Hall–Kier alpha value is -0.860. The van der Waals surface area contributed by atoms with E-state index in [0.717, 1.165) is 0 Å². The first kappa shape index (κ1) is 14.1. The monoisotopic (exact) mass is 213 g/mol. The van der Waals surface area contributed by atoms with Crippen LogP contribution in [0.3, 0.4) is 0 Å². The van der Waals surface area contributed by atoms with Gasteiger partial charge in [-0.1, -0.05) is 34.6 Å². The molecule has 88 valence electrons. The number of carbonyl (C=O) groups is 2. The fraction of sp³-hybridized carbons (Fsp3) is 0.833. The van der Waals surface area contributed by atoms with Gasteiger partial charge in [-0.05, 0) is 11.8 Å². The molecule has 0 N–H and O–H groups in total. The average molecular weight is 213 g/mol. The predicted molar refractivity (Wildman–Crippen MR) is 61.6 cm³/mol. The molecule has 0 saturated carbocycles. The molecule has 3 nitrogen and oxygen atoms in total. The van der Waals surface area contributed by atoms with Crippen LogP contribution in [-0.4, -0.2) is 30.7 Å². The summed E-state index contributed by atoms with van der Waals surface area (Å²) >= 11 is 0. The zero-order valence-electron chi connectivity index (χ0n) is 11.0. The standard InChI is InChI=1S/C12H23NO2/c1-11(2,3)8-12(4,5)9(14)10(15)13(6)7/h8H2,1-7H3. The maximum absolute atomic E-state index is 11.9.